The highest BCUT2D eigenvalue weighted by molar-refractivity contribution is 5.76. The van der Waals surface area contributed by atoms with Crippen LogP contribution in [0.4, 0.5) is 0 Å². The van der Waals surface area contributed by atoms with Crippen molar-refractivity contribution in [3.05, 3.63) is 23.7 Å². The summed E-state index contributed by atoms with van der Waals surface area (Å²) in [6, 6.07) is 4.21. The van der Waals surface area contributed by atoms with Crippen molar-refractivity contribution in [1.29, 1.82) is 0 Å². The van der Waals surface area contributed by atoms with Gasteiger partial charge in [-0.2, -0.15) is 0 Å². The molecule has 2 aliphatic carbocycles. The zero-order valence-corrected chi connectivity index (χ0v) is 12.7. The fourth-order valence-electron chi connectivity index (χ4n) is 3.41. The smallest absolute Gasteiger partial charge is 0.220 e. The summed E-state index contributed by atoms with van der Waals surface area (Å²) >= 11 is 0. The van der Waals surface area contributed by atoms with Crippen molar-refractivity contribution >= 4 is 5.91 Å². The molecule has 4 heteroatoms. The van der Waals surface area contributed by atoms with Crippen LogP contribution >= 0.6 is 0 Å². The Labute approximate surface area is 125 Å². The predicted octanol–water partition coefficient (Wildman–Crippen LogP) is 2.61. The highest BCUT2D eigenvalue weighted by Crippen LogP contribution is 2.47. The van der Waals surface area contributed by atoms with Crippen LogP contribution in [-0.4, -0.2) is 23.7 Å². The quantitative estimate of drug-likeness (QED) is 0.847. The number of nitrogens with one attached hydrogen (secondary N) is 1. The fraction of sp³-hybridized carbons (Fsp3) is 0.706. The molecule has 2 saturated carbocycles. The van der Waals surface area contributed by atoms with Crippen LogP contribution in [0, 0.1) is 11.8 Å². The van der Waals surface area contributed by atoms with Crippen molar-refractivity contribution in [3.63, 3.8) is 0 Å². The second kappa shape index (κ2) is 6.22. The van der Waals surface area contributed by atoms with Gasteiger partial charge in [0, 0.05) is 37.3 Å². The van der Waals surface area contributed by atoms with Gasteiger partial charge in [-0.15, -0.1) is 0 Å². The maximum absolute atomic E-state index is 12.0. The molecule has 1 aromatic rings. The Kier molecular flexibility index (Phi) is 4.34. The van der Waals surface area contributed by atoms with Crippen LogP contribution in [-0.2, 0) is 11.2 Å². The van der Waals surface area contributed by atoms with E-state index in [1.807, 2.05) is 6.07 Å². The third kappa shape index (κ3) is 3.49. The molecule has 3 rings (SSSR count). The van der Waals surface area contributed by atoms with E-state index in [1.165, 1.54) is 6.42 Å². The molecular formula is C17H25NO3. The molecule has 0 saturated heterocycles. The summed E-state index contributed by atoms with van der Waals surface area (Å²) in [5, 5.41) is 12.3. The van der Waals surface area contributed by atoms with E-state index in [-0.39, 0.29) is 24.5 Å². The van der Waals surface area contributed by atoms with Gasteiger partial charge in [0.05, 0.1) is 0 Å². The average Bonchev–Trinajstić information content (AvgIpc) is 2.91. The number of hydrogen-bond donors (Lipinski definition) is 2. The number of aliphatic hydroxyl groups excluding tert-OH is 1. The van der Waals surface area contributed by atoms with Gasteiger partial charge >= 0.3 is 0 Å². The van der Waals surface area contributed by atoms with Crippen LogP contribution in [0.5, 0.6) is 0 Å². The van der Waals surface area contributed by atoms with Gasteiger partial charge in [-0.3, -0.25) is 4.79 Å². The van der Waals surface area contributed by atoms with Gasteiger partial charge in [0.15, 0.2) is 0 Å². The second-order valence-electron chi connectivity index (χ2n) is 6.67. The summed E-state index contributed by atoms with van der Waals surface area (Å²) in [7, 11) is 0. The van der Waals surface area contributed by atoms with Crippen molar-refractivity contribution in [2.45, 2.75) is 57.4 Å². The number of hydrogen-bond acceptors (Lipinski definition) is 3. The fourth-order valence-corrected chi connectivity index (χ4v) is 3.41. The molecule has 1 aromatic heterocycles. The molecule has 1 amide bonds. The zero-order valence-electron chi connectivity index (χ0n) is 12.7. The van der Waals surface area contributed by atoms with E-state index in [1.54, 1.807) is 0 Å². The van der Waals surface area contributed by atoms with Crippen LogP contribution in [0.15, 0.2) is 16.5 Å². The minimum absolute atomic E-state index is 0.0677. The SMILES string of the molecule is CC1CC1c1ccc(CCC(=O)NC2CCCC2CO)o1. The number of furan rings is 1. The summed E-state index contributed by atoms with van der Waals surface area (Å²) in [6.07, 6.45) is 5.43. The molecule has 0 spiro atoms. The molecule has 2 aliphatic rings. The molecule has 4 atom stereocenters. The summed E-state index contributed by atoms with van der Waals surface area (Å²) in [5.41, 5.74) is 0. The summed E-state index contributed by atoms with van der Waals surface area (Å²) in [6.45, 7) is 2.41. The van der Waals surface area contributed by atoms with Crippen LogP contribution in [0.2, 0.25) is 0 Å². The molecular weight excluding hydrogens is 266 g/mol. The minimum Gasteiger partial charge on any atom is -0.466 e. The predicted molar refractivity (Wildman–Crippen MR) is 79.9 cm³/mol. The van der Waals surface area contributed by atoms with E-state index < -0.39 is 0 Å². The van der Waals surface area contributed by atoms with Crippen LogP contribution in [0.1, 0.15) is 56.5 Å². The Morgan fingerprint density at radius 3 is 2.95 bits per heavy atom. The molecule has 0 aromatic carbocycles. The van der Waals surface area contributed by atoms with E-state index in [2.05, 4.69) is 18.3 Å². The molecule has 0 bridgehead atoms. The highest BCUT2D eigenvalue weighted by atomic mass is 16.3. The summed E-state index contributed by atoms with van der Waals surface area (Å²) in [5.74, 6) is 3.62. The van der Waals surface area contributed by atoms with E-state index >= 15 is 0 Å². The van der Waals surface area contributed by atoms with Crippen molar-refractivity contribution in [3.8, 4) is 0 Å². The van der Waals surface area contributed by atoms with Crippen LogP contribution in [0.3, 0.4) is 0 Å². The van der Waals surface area contributed by atoms with Crippen LogP contribution in [0.25, 0.3) is 0 Å². The van der Waals surface area contributed by atoms with Crippen molar-refractivity contribution in [2.75, 3.05) is 6.61 Å². The van der Waals surface area contributed by atoms with Gasteiger partial charge in [0.2, 0.25) is 5.91 Å². The molecule has 116 valence electrons. The van der Waals surface area contributed by atoms with Gasteiger partial charge in [-0.25, -0.2) is 0 Å². The van der Waals surface area contributed by atoms with Gasteiger partial charge in [-0.05, 0) is 37.3 Å². The Balaban J connectivity index is 1.44. The van der Waals surface area contributed by atoms with E-state index in [4.69, 9.17) is 4.42 Å². The third-order valence-corrected chi connectivity index (χ3v) is 5.00. The Hall–Kier alpha value is -1.29. The number of aliphatic hydroxyl groups is 1. The first-order valence-corrected chi connectivity index (χ1v) is 8.16. The van der Waals surface area contributed by atoms with Crippen molar-refractivity contribution < 1.29 is 14.3 Å². The first-order valence-electron chi connectivity index (χ1n) is 8.16. The van der Waals surface area contributed by atoms with Crippen molar-refractivity contribution in [2.24, 2.45) is 11.8 Å². The zero-order chi connectivity index (χ0) is 14.8. The maximum Gasteiger partial charge on any atom is 0.220 e. The number of amides is 1. The average molecular weight is 291 g/mol. The molecule has 0 aliphatic heterocycles. The largest absolute Gasteiger partial charge is 0.466 e. The maximum atomic E-state index is 12.0. The molecule has 1 heterocycles. The topological polar surface area (TPSA) is 62.5 Å². The molecule has 21 heavy (non-hydrogen) atoms. The molecule has 2 N–H and O–H groups in total. The molecule has 2 fully saturated rings. The Morgan fingerprint density at radius 2 is 2.24 bits per heavy atom. The minimum atomic E-state index is 0.0677. The van der Waals surface area contributed by atoms with Gasteiger partial charge in [0.1, 0.15) is 11.5 Å². The number of rotatable bonds is 6. The lowest BCUT2D eigenvalue weighted by Gasteiger charge is -2.18. The lowest BCUT2D eigenvalue weighted by molar-refractivity contribution is -0.122. The second-order valence-corrected chi connectivity index (χ2v) is 6.67. The lowest BCUT2D eigenvalue weighted by Crippen LogP contribution is -2.38. The van der Waals surface area contributed by atoms with Gasteiger partial charge in [-0.1, -0.05) is 13.3 Å². The van der Waals surface area contributed by atoms with Gasteiger partial charge in [0.25, 0.3) is 0 Å². The Bertz CT molecular complexity index is 496. The third-order valence-electron chi connectivity index (χ3n) is 5.00. The monoisotopic (exact) mass is 291 g/mol. The molecule has 0 radical (unpaired) electrons. The summed E-state index contributed by atoms with van der Waals surface area (Å²) < 4.78 is 5.82. The number of aryl methyl sites for hydroxylation is 1. The van der Waals surface area contributed by atoms with Gasteiger partial charge < -0.3 is 14.8 Å². The summed E-state index contributed by atoms with van der Waals surface area (Å²) in [4.78, 5) is 12.0. The van der Waals surface area contributed by atoms with Crippen molar-refractivity contribution in [1.82, 2.24) is 5.32 Å². The van der Waals surface area contributed by atoms with Crippen LogP contribution < -0.4 is 5.32 Å². The highest BCUT2D eigenvalue weighted by Gasteiger charge is 2.36. The standard InChI is InChI=1S/C17H25NO3/c1-11-9-14(11)16-7-5-13(21-16)6-8-17(20)18-15-4-2-3-12(15)10-19/h5,7,11-12,14-15,19H,2-4,6,8-10H2,1H3,(H,18,20). The first-order chi connectivity index (χ1) is 10.2. The van der Waals surface area contributed by atoms with E-state index in [0.29, 0.717) is 18.8 Å². The Morgan fingerprint density at radius 1 is 1.43 bits per heavy atom. The van der Waals surface area contributed by atoms with E-state index in [0.717, 1.165) is 36.7 Å². The molecule has 4 unspecified atom stereocenters. The first kappa shape index (κ1) is 14.6. The molecule has 4 nitrogen and oxygen atoms in total. The number of carbonyl (C=O) groups excluding carboxylic acids is 1. The normalized spacial score (nSPS) is 31.3. The lowest BCUT2D eigenvalue weighted by atomic mass is 10.0. The number of carbonyl (C=O) groups is 1. The van der Waals surface area contributed by atoms with E-state index in [9.17, 15) is 9.90 Å².